The van der Waals surface area contributed by atoms with Crippen LogP contribution in [-0.2, 0) is 0 Å². The third kappa shape index (κ3) is 2.39. The molecule has 0 atom stereocenters. The topological polar surface area (TPSA) is 35.0 Å². The fourth-order valence-corrected chi connectivity index (χ4v) is 1.93. The van der Waals surface area contributed by atoms with Crippen LogP contribution in [0.25, 0.3) is 11.3 Å². The van der Waals surface area contributed by atoms with E-state index in [1.54, 1.807) is 7.11 Å². The zero-order chi connectivity index (χ0) is 11.5. The molecule has 4 heteroatoms. The summed E-state index contributed by atoms with van der Waals surface area (Å²) < 4.78 is 5.97. The number of aryl methyl sites for hydroxylation is 1. The van der Waals surface area contributed by atoms with Gasteiger partial charge in [-0.1, -0.05) is 12.1 Å². The van der Waals surface area contributed by atoms with Crippen molar-refractivity contribution in [1.29, 1.82) is 0 Å². The van der Waals surface area contributed by atoms with Gasteiger partial charge in [-0.2, -0.15) is 0 Å². The number of ether oxygens (including phenoxy) is 1. The summed E-state index contributed by atoms with van der Waals surface area (Å²) in [6, 6.07) is 9.69. The van der Waals surface area contributed by atoms with E-state index in [0.717, 1.165) is 27.4 Å². The van der Waals surface area contributed by atoms with Crippen LogP contribution in [0.5, 0.6) is 5.75 Å². The van der Waals surface area contributed by atoms with Crippen molar-refractivity contribution in [2.45, 2.75) is 6.92 Å². The van der Waals surface area contributed by atoms with Gasteiger partial charge in [0.15, 0.2) is 0 Å². The summed E-state index contributed by atoms with van der Waals surface area (Å²) in [5.74, 6) is 1.57. The number of methoxy groups -OCH3 is 1. The van der Waals surface area contributed by atoms with Gasteiger partial charge < -0.3 is 4.74 Å². The highest BCUT2D eigenvalue weighted by atomic mass is 79.9. The molecule has 0 saturated carbocycles. The summed E-state index contributed by atoms with van der Waals surface area (Å²) in [5.41, 5.74) is 1.91. The Balaban J connectivity index is 2.49. The van der Waals surface area contributed by atoms with Crippen molar-refractivity contribution >= 4 is 15.9 Å². The summed E-state index contributed by atoms with van der Waals surface area (Å²) in [4.78, 5) is 8.56. The first-order valence-corrected chi connectivity index (χ1v) is 5.64. The minimum atomic E-state index is 0.743. The zero-order valence-corrected chi connectivity index (χ0v) is 10.7. The highest BCUT2D eigenvalue weighted by molar-refractivity contribution is 9.10. The third-order valence-corrected chi connectivity index (χ3v) is 2.58. The number of aromatic nitrogens is 2. The van der Waals surface area contributed by atoms with Crippen molar-refractivity contribution in [3.8, 4) is 17.0 Å². The van der Waals surface area contributed by atoms with Crippen LogP contribution in [0.3, 0.4) is 0 Å². The highest BCUT2D eigenvalue weighted by Crippen LogP contribution is 2.23. The first-order chi connectivity index (χ1) is 7.69. The second-order valence-corrected chi connectivity index (χ2v) is 4.17. The van der Waals surface area contributed by atoms with Crippen LogP contribution < -0.4 is 4.74 Å². The Bertz CT molecular complexity index is 494. The molecule has 3 nitrogen and oxygen atoms in total. The van der Waals surface area contributed by atoms with Gasteiger partial charge in [0.1, 0.15) is 16.2 Å². The van der Waals surface area contributed by atoms with Gasteiger partial charge in [-0.15, -0.1) is 0 Å². The maximum atomic E-state index is 5.18. The number of hydrogen-bond donors (Lipinski definition) is 0. The molecule has 1 aromatic heterocycles. The Morgan fingerprint density at radius 3 is 2.69 bits per heavy atom. The van der Waals surface area contributed by atoms with Gasteiger partial charge in [-0.3, -0.25) is 0 Å². The molecular weight excluding hydrogens is 268 g/mol. The van der Waals surface area contributed by atoms with Gasteiger partial charge in [-0.05, 0) is 41.1 Å². The number of hydrogen-bond acceptors (Lipinski definition) is 3. The van der Waals surface area contributed by atoms with E-state index in [2.05, 4.69) is 25.9 Å². The molecule has 0 aliphatic heterocycles. The molecule has 0 amide bonds. The predicted octanol–water partition coefficient (Wildman–Crippen LogP) is 3.22. The standard InChI is InChI=1S/C12H11BrN2O/c1-8-14-11(7-12(13)15-8)9-4-3-5-10(6-9)16-2/h3-7H,1-2H3. The minimum Gasteiger partial charge on any atom is -0.497 e. The second kappa shape index (κ2) is 4.61. The molecule has 0 N–H and O–H groups in total. The molecule has 0 fully saturated rings. The third-order valence-electron chi connectivity index (χ3n) is 2.17. The number of benzene rings is 1. The summed E-state index contributed by atoms with van der Waals surface area (Å²) in [7, 11) is 1.65. The highest BCUT2D eigenvalue weighted by Gasteiger charge is 2.03. The molecule has 0 saturated heterocycles. The van der Waals surface area contributed by atoms with E-state index in [0.29, 0.717) is 0 Å². The van der Waals surface area contributed by atoms with Crippen LogP contribution in [-0.4, -0.2) is 17.1 Å². The molecule has 2 aromatic rings. The van der Waals surface area contributed by atoms with Gasteiger partial charge in [0.05, 0.1) is 12.8 Å². The Kier molecular flexibility index (Phi) is 3.19. The molecule has 0 aliphatic carbocycles. The van der Waals surface area contributed by atoms with E-state index in [1.807, 2.05) is 37.3 Å². The van der Waals surface area contributed by atoms with Crippen molar-refractivity contribution in [1.82, 2.24) is 9.97 Å². The molecule has 2 rings (SSSR count). The average Bonchev–Trinajstić information content (AvgIpc) is 2.28. The van der Waals surface area contributed by atoms with Crippen molar-refractivity contribution in [2.24, 2.45) is 0 Å². The zero-order valence-electron chi connectivity index (χ0n) is 9.07. The summed E-state index contributed by atoms with van der Waals surface area (Å²) in [6.45, 7) is 1.87. The van der Waals surface area contributed by atoms with Crippen LogP contribution in [0, 0.1) is 6.92 Å². The van der Waals surface area contributed by atoms with Crippen molar-refractivity contribution in [2.75, 3.05) is 7.11 Å². The normalized spacial score (nSPS) is 10.2. The molecule has 0 radical (unpaired) electrons. The molecule has 0 unspecified atom stereocenters. The van der Waals surface area contributed by atoms with Gasteiger partial charge >= 0.3 is 0 Å². The minimum absolute atomic E-state index is 0.743. The molecule has 82 valence electrons. The van der Waals surface area contributed by atoms with E-state index < -0.39 is 0 Å². The first-order valence-electron chi connectivity index (χ1n) is 4.84. The Morgan fingerprint density at radius 1 is 1.19 bits per heavy atom. The van der Waals surface area contributed by atoms with Gasteiger partial charge in [0, 0.05) is 5.56 Å². The van der Waals surface area contributed by atoms with E-state index >= 15 is 0 Å². The molecule has 1 aromatic carbocycles. The van der Waals surface area contributed by atoms with Gasteiger partial charge in [0.25, 0.3) is 0 Å². The molecule has 0 bridgehead atoms. The Morgan fingerprint density at radius 2 is 2.00 bits per heavy atom. The Hall–Kier alpha value is -1.42. The average molecular weight is 279 g/mol. The number of halogens is 1. The van der Waals surface area contributed by atoms with E-state index in [1.165, 1.54) is 0 Å². The van der Waals surface area contributed by atoms with E-state index in [9.17, 15) is 0 Å². The van der Waals surface area contributed by atoms with Crippen molar-refractivity contribution in [3.63, 3.8) is 0 Å². The lowest BCUT2D eigenvalue weighted by Gasteiger charge is -2.05. The first kappa shape index (κ1) is 11.1. The summed E-state index contributed by atoms with van der Waals surface area (Å²) in [6.07, 6.45) is 0. The van der Waals surface area contributed by atoms with Crippen LogP contribution in [0.4, 0.5) is 0 Å². The molecular formula is C12H11BrN2O. The fraction of sp³-hybridized carbons (Fsp3) is 0.167. The van der Waals surface area contributed by atoms with E-state index in [4.69, 9.17) is 4.74 Å². The van der Waals surface area contributed by atoms with Gasteiger partial charge in [-0.25, -0.2) is 9.97 Å². The quantitative estimate of drug-likeness (QED) is 0.792. The van der Waals surface area contributed by atoms with Crippen LogP contribution in [0.15, 0.2) is 34.9 Å². The number of nitrogens with zero attached hydrogens (tertiary/aromatic N) is 2. The fourth-order valence-electron chi connectivity index (χ4n) is 1.46. The molecule has 1 heterocycles. The van der Waals surface area contributed by atoms with Crippen LogP contribution >= 0.6 is 15.9 Å². The van der Waals surface area contributed by atoms with Gasteiger partial charge in [0.2, 0.25) is 0 Å². The predicted molar refractivity (Wildman–Crippen MR) is 66.5 cm³/mol. The van der Waals surface area contributed by atoms with Crippen LogP contribution in [0.1, 0.15) is 5.82 Å². The molecule has 0 spiro atoms. The summed E-state index contributed by atoms with van der Waals surface area (Å²) in [5, 5.41) is 0. The SMILES string of the molecule is COc1cccc(-c2cc(Br)nc(C)n2)c1. The molecule has 0 aliphatic rings. The van der Waals surface area contributed by atoms with Crippen molar-refractivity contribution < 1.29 is 4.74 Å². The van der Waals surface area contributed by atoms with Crippen LogP contribution in [0.2, 0.25) is 0 Å². The largest absolute Gasteiger partial charge is 0.497 e. The smallest absolute Gasteiger partial charge is 0.127 e. The van der Waals surface area contributed by atoms with E-state index in [-0.39, 0.29) is 0 Å². The Labute approximate surface area is 103 Å². The maximum absolute atomic E-state index is 5.18. The monoisotopic (exact) mass is 278 g/mol. The number of rotatable bonds is 2. The summed E-state index contributed by atoms with van der Waals surface area (Å²) >= 11 is 3.36. The second-order valence-electron chi connectivity index (χ2n) is 3.36. The molecule has 16 heavy (non-hydrogen) atoms. The lowest BCUT2D eigenvalue weighted by molar-refractivity contribution is 0.415. The lowest BCUT2D eigenvalue weighted by atomic mass is 10.1. The lowest BCUT2D eigenvalue weighted by Crippen LogP contribution is -1.92. The van der Waals surface area contributed by atoms with Crippen molar-refractivity contribution in [3.05, 3.63) is 40.8 Å². The maximum Gasteiger partial charge on any atom is 0.127 e.